The predicted molar refractivity (Wildman–Crippen MR) is 103 cm³/mol. The lowest BCUT2D eigenvalue weighted by Crippen LogP contribution is -2.27. The third kappa shape index (κ3) is 5.63. The number of benzene rings is 2. The number of nitro groups is 1. The second-order valence-corrected chi connectivity index (χ2v) is 6.13. The smallest absolute Gasteiger partial charge is 0.269 e. The van der Waals surface area contributed by atoms with Crippen LogP contribution in [0.3, 0.4) is 0 Å². The summed E-state index contributed by atoms with van der Waals surface area (Å²) in [5.41, 5.74) is 1.22. The summed E-state index contributed by atoms with van der Waals surface area (Å²) in [6.45, 7) is 0.110. The van der Waals surface area contributed by atoms with Gasteiger partial charge in [0, 0.05) is 56.0 Å². The molecule has 0 radical (unpaired) electrons. The Balaban J connectivity index is 1.80. The average Bonchev–Trinajstić information content (AvgIpc) is 2.67. The van der Waals surface area contributed by atoms with Gasteiger partial charge in [0.1, 0.15) is 0 Å². The van der Waals surface area contributed by atoms with Crippen molar-refractivity contribution in [3.63, 3.8) is 0 Å². The Bertz CT molecular complexity index is 876. The lowest BCUT2D eigenvalue weighted by atomic mass is 10.2. The zero-order valence-electron chi connectivity index (χ0n) is 15.5. The Morgan fingerprint density at radius 1 is 0.964 bits per heavy atom. The fourth-order valence-corrected chi connectivity index (χ4v) is 2.30. The molecule has 146 valence electrons. The molecule has 0 bridgehead atoms. The van der Waals surface area contributed by atoms with Gasteiger partial charge in [-0.3, -0.25) is 24.5 Å². The van der Waals surface area contributed by atoms with Crippen LogP contribution >= 0.6 is 0 Å². The predicted octanol–water partition coefficient (Wildman–Crippen LogP) is 2.06. The number of non-ortho nitro benzene ring substituents is 1. The molecule has 0 aliphatic rings. The van der Waals surface area contributed by atoms with Crippen LogP contribution in [-0.4, -0.2) is 48.2 Å². The van der Waals surface area contributed by atoms with E-state index in [0.29, 0.717) is 11.3 Å². The van der Waals surface area contributed by atoms with Gasteiger partial charge in [-0.1, -0.05) is 0 Å². The van der Waals surface area contributed by atoms with Gasteiger partial charge in [-0.05, 0) is 36.4 Å². The van der Waals surface area contributed by atoms with Crippen LogP contribution in [0.25, 0.3) is 0 Å². The van der Waals surface area contributed by atoms with Gasteiger partial charge in [0.2, 0.25) is 5.91 Å². The van der Waals surface area contributed by atoms with Gasteiger partial charge in [0.05, 0.1) is 4.92 Å². The zero-order valence-corrected chi connectivity index (χ0v) is 15.5. The maximum absolute atomic E-state index is 12.0. The highest BCUT2D eigenvalue weighted by Gasteiger charge is 2.11. The minimum atomic E-state index is -0.547. The molecule has 0 unspecified atom stereocenters. The maximum atomic E-state index is 12.0. The molecular formula is C19H20N4O5. The zero-order chi connectivity index (χ0) is 20.7. The Morgan fingerprint density at radius 2 is 1.54 bits per heavy atom. The molecule has 0 fully saturated rings. The Hall–Kier alpha value is -3.75. The van der Waals surface area contributed by atoms with Crippen molar-refractivity contribution in [1.82, 2.24) is 10.2 Å². The molecule has 0 spiro atoms. The number of rotatable bonds is 7. The molecule has 2 aromatic carbocycles. The minimum absolute atomic E-state index is 0.0527. The molecule has 2 rings (SSSR count). The lowest BCUT2D eigenvalue weighted by Gasteiger charge is -2.11. The molecule has 0 aromatic heterocycles. The van der Waals surface area contributed by atoms with Crippen LogP contribution in [0.1, 0.15) is 27.1 Å². The molecule has 0 aliphatic heterocycles. The fourth-order valence-electron chi connectivity index (χ4n) is 2.30. The van der Waals surface area contributed by atoms with Crippen LogP contribution in [0.4, 0.5) is 11.4 Å². The first-order valence-corrected chi connectivity index (χ1v) is 8.42. The van der Waals surface area contributed by atoms with Crippen molar-refractivity contribution >= 4 is 29.1 Å². The molecule has 3 amide bonds. The van der Waals surface area contributed by atoms with E-state index < -0.39 is 10.8 Å². The monoisotopic (exact) mass is 384 g/mol. The highest BCUT2D eigenvalue weighted by molar-refractivity contribution is 5.96. The van der Waals surface area contributed by atoms with Gasteiger partial charge in [-0.2, -0.15) is 0 Å². The summed E-state index contributed by atoms with van der Waals surface area (Å²) in [7, 11) is 3.31. The highest BCUT2D eigenvalue weighted by Crippen LogP contribution is 2.12. The van der Waals surface area contributed by atoms with Crippen molar-refractivity contribution < 1.29 is 19.3 Å². The number of nitro benzene ring substituents is 1. The Labute approximate surface area is 161 Å². The first-order valence-electron chi connectivity index (χ1n) is 8.42. The van der Waals surface area contributed by atoms with Crippen LogP contribution in [-0.2, 0) is 4.79 Å². The number of nitrogens with zero attached hydrogens (tertiary/aromatic N) is 2. The molecule has 0 aliphatic carbocycles. The van der Waals surface area contributed by atoms with Crippen molar-refractivity contribution in [2.45, 2.75) is 6.42 Å². The summed E-state index contributed by atoms with van der Waals surface area (Å²) < 4.78 is 0. The van der Waals surface area contributed by atoms with Crippen LogP contribution in [0.15, 0.2) is 48.5 Å². The molecule has 0 saturated carbocycles. The van der Waals surface area contributed by atoms with Gasteiger partial charge in [0.25, 0.3) is 17.5 Å². The Morgan fingerprint density at radius 3 is 2.07 bits per heavy atom. The summed E-state index contributed by atoms with van der Waals surface area (Å²) in [5, 5.41) is 15.9. The molecule has 9 heteroatoms. The van der Waals surface area contributed by atoms with E-state index >= 15 is 0 Å². The topological polar surface area (TPSA) is 122 Å². The number of carbonyl (C=O) groups excluding carboxylic acids is 3. The molecule has 0 atom stereocenters. The molecule has 2 aromatic rings. The SMILES string of the molecule is CN(C)C(=O)c1ccc(NC(=O)CCNC(=O)c2ccc([N+](=O)[O-])cc2)cc1. The van der Waals surface area contributed by atoms with Gasteiger partial charge in [0.15, 0.2) is 0 Å². The molecule has 28 heavy (non-hydrogen) atoms. The number of hydrogen-bond donors (Lipinski definition) is 2. The average molecular weight is 384 g/mol. The minimum Gasteiger partial charge on any atom is -0.352 e. The molecule has 9 nitrogen and oxygen atoms in total. The van der Waals surface area contributed by atoms with E-state index in [4.69, 9.17) is 0 Å². The third-order valence-corrected chi connectivity index (χ3v) is 3.80. The molecule has 2 N–H and O–H groups in total. The van der Waals surface area contributed by atoms with Crippen LogP contribution in [0.2, 0.25) is 0 Å². The van der Waals surface area contributed by atoms with Crippen molar-refractivity contribution in [3.05, 3.63) is 69.8 Å². The van der Waals surface area contributed by atoms with E-state index in [1.165, 1.54) is 29.2 Å². The summed E-state index contributed by atoms with van der Waals surface area (Å²) in [4.78, 5) is 47.3. The second-order valence-electron chi connectivity index (χ2n) is 6.13. The quantitative estimate of drug-likeness (QED) is 0.559. The first-order chi connectivity index (χ1) is 13.3. The first kappa shape index (κ1) is 20.6. The summed E-state index contributed by atoms with van der Waals surface area (Å²) in [5.74, 6) is -0.850. The largest absolute Gasteiger partial charge is 0.352 e. The maximum Gasteiger partial charge on any atom is 0.269 e. The van der Waals surface area contributed by atoms with Crippen molar-refractivity contribution in [2.24, 2.45) is 0 Å². The van der Waals surface area contributed by atoms with E-state index in [2.05, 4.69) is 10.6 Å². The van der Waals surface area contributed by atoms with Gasteiger partial charge >= 0.3 is 0 Å². The van der Waals surface area contributed by atoms with Crippen molar-refractivity contribution in [2.75, 3.05) is 26.0 Å². The fraction of sp³-hybridized carbons (Fsp3) is 0.211. The standard InChI is InChI=1S/C19H20N4O5/c1-22(2)19(26)14-3-7-15(8-4-14)21-17(24)11-12-20-18(25)13-5-9-16(10-6-13)23(27)28/h3-10H,11-12H2,1-2H3,(H,20,25)(H,21,24). The normalized spacial score (nSPS) is 10.1. The van der Waals surface area contributed by atoms with E-state index in [0.717, 1.165) is 0 Å². The van der Waals surface area contributed by atoms with E-state index in [1.54, 1.807) is 38.4 Å². The summed E-state index contributed by atoms with van der Waals surface area (Å²) >= 11 is 0. The molecule has 0 saturated heterocycles. The number of amides is 3. The van der Waals surface area contributed by atoms with Gasteiger partial charge in [-0.25, -0.2) is 0 Å². The van der Waals surface area contributed by atoms with Crippen LogP contribution < -0.4 is 10.6 Å². The Kier molecular flexibility index (Phi) is 6.80. The molecular weight excluding hydrogens is 364 g/mol. The number of anilines is 1. The van der Waals surface area contributed by atoms with Gasteiger partial charge in [-0.15, -0.1) is 0 Å². The summed E-state index contributed by atoms with van der Waals surface area (Å²) in [6, 6.07) is 11.7. The highest BCUT2D eigenvalue weighted by atomic mass is 16.6. The van der Waals surface area contributed by atoms with Crippen molar-refractivity contribution in [3.8, 4) is 0 Å². The number of hydrogen-bond acceptors (Lipinski definition) is 5. The van der Waals surface area contributed by atoms with E-state index in [1.807, 2.05) is 0 Å². The summed E-state index contributed by atoms with van der Waals surface area (Å²) in [6.07, 6.45) is 0.0527. The number of carbonyl (C=O) groups is 3. The molecule has 0 heterocycles. The van der Waals surface area contributed by atoms with E-state index in [-0.39, 0.29) is 36.0 Å². The van der Waals surface area contributed by atoms with Crippen LogP contribution in [0.5, 0.6) is 0 Å². The second kappa shape index (κ2) is 9.26. The lowest BCUT2D eigenvalue weighted by molar-refractivity contribution is -0.384. The van der Waals surface area contributed by atoms with Gasteiger partial charge < -0.3 is 15.5 Å². The van der Waals surface area contributed by atoms with Crippen molar-refractivity contribution in [1.29, 1.82) is 0 Å². The third-order valence-electron chi connectivity index (χ3n) is 3.80. The number of nitrogens with one attached hydrogen (secondary N) is 2. The van der Waals surface area contributed by atoms with Crippen LogP contribution in [0, 0.1) is 10.1 Å². The van der Waals surface area contributed by atoms with E-state index in [9.17, 15) is 24.5 Å².